The fraction of sp³-hybridized carbons (Fsp3) is 0.357. The van der Waals surface area contributed by atoms with E-state index < -0.39 is 5.69 Å². The summed E-state index contributed by atoms with van der Waals surface area (Å²) in [7, 11) is 0. The van der Waals surface area contributed by atoms with Crippen molar-refractivity contribution in [2.24, 2.45) is 0 Å². The SMILES string of the molecule is O=C(Cn1cn[nH]c1=O)NCC1(c2ccc(F)cc2Cl)CC1. The third-order valence-corrected chi connectivity index (χ3v) is 4.22. The van der Waals surface area contributed by atoms with E-state index in [1.165, 1.54) is 23.0 Å². The summed E-state index contributed by atoms with van der Waals surface area (Å²) in [5.74, 6) is -0.666. The number of H-pyrrole nitrogens is 1. The molecule has 1 saturated carbocycles. The Morgan fingerprint density at radius 1 is 1.50 bits per heavy atom. The van der Waals surface area contributed by atoms with Gasteiger partial charge in [-0.25, -0.2) is 14.3 Å². The molecule has 0 saturated heterocycles. The maximum Gasteiger partial charge on any atom is 0.343 e. The third-order valence-electron chi connectivity index (χ3n) is 3.91. The minimum atomic E-state index is -0.433. The van der Waals surface area contributed by atoms with Crippen LogP contribution in [0.5, 0.6) is 0 Å². The number of benzene rings is 1. The van der Waals surface area contributed by atoms with Crippen LogP contribution in [0.3, 0.4) is 0 Å². The summed E-state index contributed by atoms with van der Waals surface area (Å²) in [6.07, 6.45) is 3.03. The molecule has 116 valence electrons. The molecule has 1 fully saturated rings. The van der Waals surface area contributed by atoms with Crippen molar-refractivity contribution in [1.82, 2.24) is 20.1 Å². The van der Waals surface area contributed by atoms with E-state index >= 15 is 0 Å². The number of aromatic nitrogens is 3. The first-order valence-electron chi connectivity index (χ1n) is 6.82. The number of nitrogens with one attached hydrogen (secondary N) is 2. The summed E-state index contributed by atoms with van der Waals surface area (Å²) >= 11 is 6.09. The minimum absolute atomic E-state index is 0.0947. The van der Waals surface area contributed by atoms with E-state index in [-0.39, 0.29) is 23.7 Å². The highest BCUT2D eigenvalue weighted by molar-refractivity contribution is 6.31. The van der Waals surface area contributed by atoms with E-state index in [2.05, 4.69) is 15.5 Å². The van der Waals surface area contributed by atoms with Crippen LogP contribution in [0.2, 0.25) is 5.02 Å². The van der Waals surface area contributed by atoms with E-state index in [9.17, 15) is 14.0 Å². The molecule has 3 rings (SSSR count). The summed E-state index contributed by atoms with van der Waals surface area (Å²) < 4.78 is 14.3. The van der Waals surface area contributed by atoms with Crippen LogP contribution < -0.4 is 11.0 Å². The maximum absolute atomic E-state index is 13.1. The molecule has 0 radical (unpaired) electrons. The summed E-state index contributed by atoms with van der Waals surface area (Å²) in [5.41, 5.74) is 0.177. The molecule has 2 N–H and O–H groups in total. The first kappa shape index (κ1) is 14.8. The predicted octanol–water partition coefficient (Wildman–Crippen LogP) is 1.21. The fourth-order valence-corrected chi connectivity index (χ4v) is 2.84. The van der Waals surface area contributed by atoms with Gasteiger partial charge in [0.1, 0.15) is 18.7 Å². The average molecular weight is 325 g/mol. The first-order valence-corrected chi connectivity index (χ1v) is 7.20. The second-order valence-electron chi connectivity index (χ2n) is 5.47. The maximum atomic E-state index is 13.1. The molecular weight excluding hydrogens is 311 g/mol. The number of hydrogen-bond donors (Lipinski definition) is 2. The number of carbonyl (C=O) groups is 1. The fourth-order valence-electron chi connectivity index (χ4n) is 2.47. The number of rotatable bonds is 5. The molecule has 0 aliphatic heterocycles. The van der Waals surface area contributed by atoms with Crippen molar-refractivity contribution in [3.05, 3.63) is 51.4 Å². The zero-order valence-electron chi connectivity index (χ0n) is 11.6. The molecule has 0 spiro atoms. The van der Waals surface area contributed by atoms with Gasteiger partial charge in [0.2, 0.25) is 5.91 Å². The quantitative estimate of drug-likeness (QED) is 0.867. The third kappa shape index (κ3) is 2.89. The molecule has 1 heterocycles. The zero-order valence-corrected chi connectivity index (χ0v) is 12.4. The standard InChI is InChI=1S/C14H14ClFN4O2/c15-11-5-9(16)1-2-10(11)14(3-4-14)7-17-12(21)6-20-8-18-19-13(20)22/h1-2,5,8H,3-4,6-7H2,(H,17,21)(H,19,22). The van der Waals surface area contributed by atoms with Crippen molar-refractivity contribution in [3.63, 3.8) is 0 Å². The normalized spacial score (nSPS) is 15.5. The van der Waals surface area contributed by atoms with E-state index in [1.807, 2.05) is 0 Å². The number of aromatic amines is 1. The summed E-state index contributed by atoms with van der Waals surface area (Å²) in [5, 5.41) is 8.95. The molecule has 2 aromatic rings. The van der Waals surface area contributed by atoms with E-state index in [4.69, 9.17) is 11.6 Å². The Balaban J connectivity index is 1.64. The van der Waals surface area contributed by atoms with E-state index in [0.29, 0.717) is 11.6 Å². The molecule has 1 amide bonds. The number of hydrogen-bond acceptors (Lipinski definition) is 3. The molecule has 1 aliphatic rings. The first-order chi connectivity index (χ1) is 10.5. The van der Waals surface area contributed by atoms with Gasteiger partial charge < -0.3 is 5.32 Å². The monoisotopic (exact) mass is 324 g/mol. The summed E-state index contributed by atoms with van der Waals surface area (Å²) in [4.78, 5) is 23.2. The van der Waals surface area contributed by atoms with E-state index in [0.717, 1.165) is 18.4 Å². The summed E-state index contributed by atoms with van der Waals surface area (Å²) in [6, 6.07) is 4.31. The molecule has 0 atom stereocenters. The lowest BCUT2D eigenvalue weighted by molar-refractivity contribution is -0.121. The van der Waals surface area contributed by atoms with Crippen molar-refractivity contribution in [1.29, 1.82) is 0 Å². The molecule has 1 aromatic carbocycles. The Bertz CT molecular complexity index is 766. The van der Waals surface area contributed by atoms with Crippen molar-refractivity contribution in [2.45, 2.75) is 24.8 Å². The van der Waals surface area contributed by atoms with Gasteiger partial charge in [0.15, 0.2) is 0 Å². The van der Waals surface area contributed by atoms with Gasteiger partial charge in [-0.1, -0.05) is 17.7 Å². The van der Waals surface area contributed by atoms with Crippen LogP contribution in [-0.4, -0.2) is 27.2 Å². The van der Waals surface area contributed by atoms with Crippen molar-refractivity contribution >= 4 is 17.5 Å². The molecule has 6 nitrogen and oxygen atoms in total. The smallest absolute Gasteiger partial charge is 0.343 e. The van der Waals surface area contributed by atoms with Crippen molar-refractivity contribution in [3.8, 4) is 0 Å². The van der Waals surface area contributed by atoms with Crippen LogP contribution in [0, 0.1) is 5.82 Å². The van der Waals surface area contributed by atoms with Gasteiger partial charge in [-0.2, -0.15) is 5.10 Å². The zero-order chi connectivity index (χ0) is 15.7. The van der Waals surface area contributed by atoms with Gasteiger partial charge in [-0.3, -0.25) is 9.36 Å². The molecule has 0 unspecified atom stereocenters. The molecule has 1 aromatic heterocycles. The van der Waals surface area contributed by atoms with Crippen LogP contribution in [0.1, 0.15) is 18.4 Å². The number of amides is 1. The lowest BCUT2D eigenvalue weighted by Crippen LogP contribution is -2.36. The van der Waals surface area contributed by atoms with Crippen molar-refractivity contribution in [2.75, 3.05) is 6.54 Å². The molecule has 22 heavy (non-hydrogen) atoms. The highest BCUT2D eigenvalue weighted by Gasteiger charge is 2.45. The van der Waals surface area contributed by atoms with Gasteiger partial charge >= 0.3 is 5.69 Å². The Morgan fingerprint density at radius 3 is 2.86 bits per heavy atom. The Morgan fingerprint density at radius 2 is 2.27 bits per heavy atom. The van der Waals surface area contributed by atoms with Crippen LogP contribution in [0.25, 0.3) is 0 Å². The minimum Gasteiger partial charge on any atom is -0.354 e. The second kappa shape index (κ2) is 5.57. The highest BCUT2D eigenvalue weighted by Crippen LogP contribution is 2.50. The molecule has 8 heteroatoms. The molecule has 0 bridgehead atoms. The average Bonchev–Trinajstić information content (AvgIpc) is 3.15. The van der Waals surface area contributed by atoms with Gasteiger partial charge in [0, 0.05) is 17.0 Å². The largest absolute Gasteiger partial charge is 0.354 e. The lowest BCUT2D eigenvalue weighted by Gasteiger charge is -2.18. The van der Waals surface area contributed by atoms with Crippen LogP contribution in [0.15, 0.2) is 29.3 Å². The molecular formula is C14H14ClFN4O2. The Hall–Kier alpha value is -2.15. The van der Waals surface area contributed by atoms with Crippen LogP contribution in [-0.2, 0) is 16.8 Å². The van der Waals surface area contributed by atoms with Crippen LogP contribution >= 0.6 is 11.6 Å². The predicted molar refractivity (Wildman–Crippen MR) is 78.2 cm³/mol. The number of nitrogens with zero attached hydrogens (tertiary/aromatic N) is 2. The van der Waals surface area contributed by atoms with Gasteiger partial charge in [-0.15, -0.1) is 0 Å². The Kier molecular flexibility index (Phi) is 3.74. The van der Waals surface area contributed by atoms with Gasteiger partial charge in [0.25, 0.3) is 0 Å². The Labute approximate surface area is 130 Å². The van der Waals surface area contributed by atoms with Crippen LogP contribution in [0.4, 0.5) is 4.39 Å². The van der Waals surface area contributed by atoms with Gasteiger partial charge in [-0.05, 0) is 30.5 Å². The molecule has 1 aliphatic carbocycles. The van der Waals surface area contributed by atoms with E-state index in [1.54, 1.807) is 6.07 Å². The number of halogens is 2. The van der Waals surface area contributed by atoms with Gasteiger partial charge in [0.05, 0.1) is 0 Å². The highest BCUT2D eigenvalue weighted by atomic mass is 35.5. The summed E-state index contributed by atoms with van der Waals surface area (Å²) in [6.45, 7) is 0.312. The topological polar surface area (TPSA) is 79.8 Å². The lowest BCUT2D eigenvalue weighted by atomic mass is 9.95. The number of carbonyl (C=O) groups excluding carboxylic acids is 1. The second-order valence-corrected chi connectivity index (χ2v) is 5.88. The van der Waals surface area contributed by atoms with Crippen molar-refractivity contribution < 1.29 is 9.18 Å².